The SMILES string of the molecule is CCC(N)Cc1c(F)cccc1Oc1ccc(Cl)c(C)c1. The van der Waals surface area contributed by atoms with Crippen molar-refractivity contribution in [2.75, 3.05) is 0 Å². The Labute approximate surface area is 129 Å². The molecule has 0 aromatic heterocycles. The van der Waals surface area contributed by atoms with Crippen molar-refractivity contribution in [2.45, 2.75) is 32.7 Å². The summed E-state index contributed by atoms with van der Waals surface area (Å²) in [6.07, 6.45) is 1.24. The lowest BCUT2D eigenvalue weighted by Crippen LogP contribution is -2.22. The van der Waals surface area contributed by atoms with E-state index in [9.17, 15) is 4.39 Å². The van der Waals surface area contributed by atoms with Gasteiger partial charge in [0.1, 0.15) is 17.3 Å². The topological polar surface area (TPSA) is 35.2 Å². The van der Waals surface area contributed by atoms with Crippen molar-refractivity contribution < 1.29 is 9.13 Å². The highest BCUT2D eigenvalue weighted by atomic mass is 35.5. The van der Waals surface area contributed by atoms with E-state index in [4.69, 9.17) is 22.1 Å². The summed E-state index contributed by atoms with van der Waals surface area (Å²) in [4.78, 5) is 0. The van der Waals surface area contributed by atoms with E-state index in [-0.39, 0.29) is 11.9 Å². The maximum atomic E-state index is 14.0. The maximum Gasteiger partial charge on any atom is 0.133 e. The summed E-state index contributed by atoms with van der Waals surface area (Å²) in [5, 5.41) is 0.676. The van der Waals surface area contributed by atoms with Crippen LogP contribution in [0.5, 0.6) is 11.5 Å². The fourth-order valence-corrected chi connectivity index (χ4v) is 2.16. The lowest BCUT2D eigenvalue weighted by Gasteiger charge is -2.15. The molecule has 0 heterocycles. The van der Waals surface area contributed by atoms with Gasteiger partial charge in [-0.15, -0.1) is 0 Å². The number of benzene rings is 2. The Morgan fingerprint density at radius 3 is 2.71 bits per heavy atom. The van der Waals surface area contributed by atoms with Gasteiger partial charge in [0, 0.05) is 16.6 Å². The first-order valence-corrected chi connectivity index (χ1v) is 7.36. The van der Waals surface area contributed by atoms with E-state index in [0.717, 1.165) is 12.0 Å². The van der Waals surface area contributed by atoms with Crippen LogP contribution in [0.25, 0.3) is 0 Å². The Hall–Kier alpha value is -1.58. The van der Waals surface area contributed by atoms with Gasteiger partial charge in [-0.3, -0.25) is 0 Å². The molecular formula is C17H19ClFNO. The van der Waals surface area contributed by atoms with Gasteiger partial charge in [0.25, 0.3) is 0 Å². The van der Waals surface area contributed by atoms with Crippen LogP contribution in [0.1, 0.15) is 24.5 Å². The van der Waals surface area contributed by atoms with Crippen LogP contribution in [-0.4, -0.2) is 6.04 Å². The van der Waals surface area contributed by atoms with Crippen molar-refractivity contribution in [3.05, 3.63) is 58.4 Å². The van der Waals surface area contributed by atoms with Crippen LogP contribution >= 0.6 is 11.6 Å². The van der Waals surface area contributed by atoms with Gasteiger partial charge in [-0.2, -0.15) is 0 Å². The van der Waals surface area contributed by atoms with Crippen LogP contribution in [0.4, 0.5) is 4.39 Å². The monoisotopic (exact) mass is 307 g/mol. The van der Waals surface area contributed by atoms with Crippen LogP contribution in [0.2, 0.25) is 5.02 Å². The fourth-order valence-electron chi connectivity index (χ4n) is 2.05. The van der Waals surface area contributed by atoms with Gasteiger partial charge in [0.15, 0.2) is 0 Å². The number of aryl methyl sites for hydroxylation is 1. The van der Waals surface area contributed by atoms with Crippen LogP contribution in [0.15, 0.2) is 36.4 Å². The van der Waals surface area contributed by atoms with Crippen LogP contribution in [-0.2, 0) is 6.42 Å². The maximum absolute atomic E-state index is 14.0. The smallest absolute Gasteiger partial charge is 0.133 e. The van der Waals surface area contributed by atoms with Gasteiger partial charge in [-0.1, -0.05) is 24.6 Å². The molecule has 0 aliphatic rings. The zero-order chi connectivity index (χ0) is 15.4. The number of rotatable bonds is 5. The molecule has 112 valence electrons. The fraction of sp³-hybridized carbons (Fsp3) is 0.294. The third-order valence-electron chi connectivity index (χ3n) is 3.42. The Morgan fingerprint density at radius 2 is 2.05 bits per heavy atom. The largest absolute Gasteiger partial charge is 0.457 e. The van der Waals surface area contributed by atoms with Gasteiger partial charge in [-0.05, 0) is 55.7 Å². The third-order valence-corrected chi connectivity index (χ3v) is 3.85. The quantitative estimate of drug-likeness (QED) is 0.856. The summed E-state index contributed by atoms with van der Waals surface area (Å²) in [7, 11) is 0. The first-order chi connectivity index (χ1) is 10.0. The zero-order valence-corrected chi connectivity index (χ0v) is 13.0. The van der Waals surface area contributed by atoms with Crippen molar-refractivity contribution in [2.24, 2.45) is 5.73 Å². The molecular weight excluding hydrogens is 289 g/mol. The van der Waals surface area contributed by atoms with E-state index in [1.165, 1.54) is 6.07 Å². The Balaban J connectivity index is 2.30. The summed E-state index contributed by atoms with van der Waals surface area (Å²) in [5.74, 6) is 0.844. The molecule has 0 amide bonds. The van der Waals surface area contributed by atoms with Crippen molar-refractivity contribution in [1.82, 2.24) is 0 Å². The normalized spacial score (nSPS) is 12.2. The minimum Gasteiger partial charge on any atom is -0.457 e. The summed E-state index contributed by atoms with van der Waals surface area (Å²) in [5.41, 5.74) is 7.37. The van der Waals surface area contributed by atoms with E-state index in [0.29, 0.717) is 28.5 Å². The van der Waals surface area contributed by atoms with E-state index >= 15 is 0 Å². The number of hydrogen-bond acceptors (Lipinski definition) is 2. The van der Waals surface area contributed by atoms with Gasteiger partial charge < -0.3 is 10.5 Å². The molecule has 21 heavy (non-hydrogen) atoms. The molecule has 2 rings (SSSR count). The van der Waals surface area contributed by atoms with Gasteiger partial charge in [0.2, 0.25) is 0 Å². The third kappa shape index (κ3) is 3.96. The minimum atomic E-state index is -0.290. The van der Waals surface area contributed by atoms with Crippen molar-refractivity contribution >= 4 is 11.6 Å². The molecule has 0 bridgehead atoms. The lowest BCUT2D eigenvalue weighted by molar-refractivity contribution is 0.461. The van der Waals surface area contributed by atoms with Crippen LogP contribution < -0.4 is 10.5 Å². The molecule has 0 fully saturated rings. The summed E-state index contributed by atoms with van der Waals surface area (Å²) in [6.45, 7) is 3.88. The molecule has 0 spiro atoms. The number of ether oxygens (including phenoxy) is 1. The van der Waals surface area contributed by atoms with E-state index in [2.05, 4.69) is 0 Å². The van der Waals surface area contributed by atoms with E-state index in [1.54, 1.807) is 24.3 Å². The Morgan fingerprint density at radius 1 is 1.29 bits per heavy atom. The first kappa shape index (κ1) is 15.8. The van der Waals surface area contributed by atoms with Crippen molar-refractivity contribution in [3.8, 4) is 11.5 Å². The van der Waals surface area contributed by atoms with Crippen LogP contribution in [0.3, 0.4) is 0 Å². The van der Waals surface area contributed by atoms with Gasteiger partial charge in [-0.25, -0.2) is 4.39 Å². The van der Waals surface area contributed by atoms with E-state index < -0.39 is 0 Å². The average Bonchev–Trinajstić information content (AvgIpc) is 2.46. The molecule has 0 saturated heterocycles. The second-order valence-corrected chi connectivity index (χ2v) is 5.51. The van der Waals surface area contributed by atoms with Crippen molar-refractivity contribution in [1.29, 1.82) is 0 Å². The average molecular weight is 308 g/mol. The van der Waals surface area contributed by atoms with Gasteiger partial charge in [0.05, 0.1) is 0 Å². The molecule has 2 aromatic carbocycles. The highest BCUT2D eigenvalue weighted by Gasteiger charge is 2.14. The molecule has 1 unspecified atom stereocenters. The highest BCUT2D eigenvalue weighted by molar-refractivity contribution is 6.31. The predicted octanol–water partition coefficient (Wildman–Crippen LogP) is 4.86. The summed E-state index contributed by atoms with van der Waals surface area (Å²) >= 11 is 6.00. The molecule has 2 aromatic rings. The molecule has 0 saturated carbocycles. The molecule has 0 aliphatic carbocycles. The standard InChI is InChI=1S/C17H19ClFNO/c1-3-12(20)10-14-16(19)5-4-6-17(14)21-13-7-8-15(18)11(2)9-13/h4-9,12H,3,10,20H2,1-2H3. The minimum absolute atomic E-state index is 0.0868. The molecule has 1 atom stereocenters. The number of halogens is 2. The molecule has 2 nitrogen and oxygen atoms in total. The Kier molecular flexibility index (Phi) is 5.21. The Bertz CT molecular complexity index is 630. The zero-order valence-electron chi connectivity index (χ0n) is 12.2. The van der Waals surface area contributed by atoms with Crippen molar-refractivity contribution in [3.63, 3.8) is 0 Å². The number of hydrogen-bond donors (Lipinski definition) is 1. The predicted molar refractivity (Wildman–Crippen MR) is 84.6 cm³/mol. The van der Waals surface area contributed by atoms with E-state index in [1.807, 2.05) is 19.9 Å². The molecule has 0 aliphatic heterocycles. The van der Waals surface area contributed by atoms with Gasteiger partial charge >= 0.3 is 0 Å². The summed E-state index contributed by atoms with van der Waals surface area (Å²) < 4.78 is 19.9. The van der Waals surface area contributed by atoms with Crippen LogP contribution in [0, 0.1) is 12.7 Å². The first-order valence-electron chi connectivity index (χ1n) is 6.98. The molecule has 2 N–H and O–H groups in total. The molecule has 4 heteroatoms. The lowest BCUT2D eigenvalue weighted by atomic mass is 10.0. The second-order valence-electron chi connectivity index (χ2n) is 5.10. The second kappa shape index (κ2) is 6.92. The number of nitrogens with two attached hydrogens (primary N) is 1. The highest BCUT2D eigenvalue weighted by Crippen LogP contribution is 2.30. The summed E-state index contributed by atoms with van der Waals surface area (Å²) in [6, 6.07) is 10.1. The molecule has 0 radical (unpaired) electrons.